The number of quaternary nitrogens is 1. The highest BCUT2D eigenvalue weighted by atomic mass is 16.5. The lowest BCUT2D eigenvalue weighted by Crippen LogP contribution is -2.44. The Bertz CT molecular complexity index is 157. The maximum Gasteiger partial charge on any atom is 0.0783 e. The second kappa shape index (κ2) is 13.9. The van der Waals surface area contributed by atoms with Gasteiger partial charge in [0.1, 0.15) is 0 Å². The molecule has 0 aromatic rings. The summed E-state index contributed by atoms with van der Waals surface area (Å²) in [7, 11) is 0. The summed E-state index contributed by atoms with van der Waals surface area (Å²) in [5, 5.41) is 12.3. The lowest BCUT2D eigenvalue weighted by Gasteiger charge is -2.43. The number of hydrogen-bond donors (Lipinski definition) is 0. The van der Waals surface area contributed by atoms with E-state index >= 15 is 0 Å². The fourth-order valence-electron chi connectivity index (χ4n) is 2.73. The maximum absolute atomic E-state index is 12.3. The lowest BCUT2D eigenvalue weighted by atomic mass is 10.0. The molecule has 0 unspecified atom stereocenters. The Balaban J connectivity index is 0.000000493. The van der Waals surface area contributed by atoms with Crippen molar-refractivity contribution in [2.45, 2.75) is 97.8 Å². The largest absolute Gasteiger partial charge is 0.633 e. The van der Waals surface area contributed by atoms with Crippen molar-refractivity contribution in [2.24, 2.45) is 0 Å². The highest BCUT2D eigenvalue weighted by Gasteiger charge is 2.14. The van der Waals surface area contributed by atoms with Crippen LogP contribution in [0.4, 0.5) is 0 Å². The van der Waals surface area contributed by atoms with E-state index in [4.69, 9.17) is 0 Å². The minimum Gasteiger partial charge on any atom is -0.633 e. The summed E-state index contributed by atoms with van der Waals surface area (Å²) in [5.41, 5.74) is 0. The van der Waals surface area contributed by atoms with Gasteiger partial charge in [-0.2, -0.15) is 0 Å². The van der Waals surface area contributed by atoms with Crippen LogP contribution in [0.1, 0.15) is 97.8 Å². The molecule has 0 amide bonds. The van der Waals surface area contributed by atoms with Crippen LogP contribution in [0.5, 0.6) is 0 Å². The fourth-order valence-corrected chi connectivity index (χ4v) is 2.73. The normalized spacial score (nSPS) is 15.6. The Morgan fingerprint density at radius 2 is 0.850 bits per heavy atom. The predicted molar refractivity (Wildman–Crippen MR) is 90.7 cm³/mol. The molecule has 0 bridgehead atoms. The Hall–Kier alpha value is -0.0800. The van der Waals surface area contributed by atoms with Gasteiger partial charge in [0.2, 0.25) is 0 Å². The summed E-state index contributed by atoms with van der Waals surface area (Å²) in [6, 6.07) is 0. The molecule has 0 saturated heterocycles. The topological polar surface area (TPSA) is 23.1 Å². The monoisotopic (exact) mass is 285 g/mol. The molecule has 1 aliphatic carbocycles. The van der Waals surface area contributed by atoms with Crippen LogP contribution in [-0.2, 0) is 0 Å². The van der Waals surface area contributed by atoms with Crippen molar-refractivity contribution in [3.63, 3.8) is 0 Å². The predicted octanol–water partition coefficient (Wildman–Crippen LogP) is 6.04. The second-order valence-corrected chi connectivity index (χ2v) is 6.41. The average molecular weight is 286 g/mol. The number of unbranched alkanes of at least 4 members (excludes halogenated alkanes) is 3. The first-order chi connectivity index (χ1) is 9.68. The van der Waals surface area contributed by atoms with E-state index in [0.717, 1.165) is 58.2 Å². The first kappa shape index (κ1) is 19.9. The molecule has 122 valence electrons. The molecule has 0 N–H and O–H groups in total. The first-order valence-corrected chi connectivity index (χ1v) is 9.25. The Morgan fingerprint density at radius 3 is 1.05 bits per heavy atom. The zero-order chi connectivity index (χ0) is 15.1. The summed E-state index contributed by atoms with van der Waals surface area (Å²) in [6.07, 6.45) is 15.7. The number of hydrogen-bond acceptors (Lipinski definition) is 1. The Morgan fingerprint density at radius 1 is 0.600 bits per heavy atom. The molecule has 0 aliphatic heterocycles. The van der Waals surface area contributed by atoms with Crippen LogP contribution in [0, 0.1) is 5.21 Å². The smallest absolute Gasteiger partial charge is 0.0783 e. The van der Waals surface area contributed by atoms with Crippen molar-refractivity contribution in [2.75, 3.05) is 19.6 Å². The third-order valence-corrected chi connectivity index (χ3v) is 4.26. The van der Waals surface area contributed by atoms with Crippen LogP contribution in [-0.4, -0.2) is 24.3 Å². The zero-order valence-electron chi connectivity index (χ0n) is 14.5. The van der Waals surface area contributed by atoms with Gasteiger partial charge in [0, 0.05) is 0 Å². The molecule has 0 heterocycles. The van der Waals surface area contributed by atoms with Crippen LogP contribution in [0.25, 0.3) is 0 Å². The third kappa shape index (κ3) is 11.7. The standard InChI is InChI=1S/C12H27NO.C6H12/c1-4-7-10-13(14,11-8-5-2)12-9-6-3;1-2-4-6-5-3-1/h4-12H2,1-3H3;1-6H2. The molecular weight excluding hydrogens is 246 g/mol. The quantitative estimate of drug-likeness (QED) is 0.374. The Labute approximate surface area is 128 Å². The van der Waals surface area contributed by atoms with E-state index < -0.39 is 0 Å². The molecule has 20 heavy (non-hydrogen) atoms. The first-order valence-electron chi connectivity index (χ1n) is 9.25. The van der Waals surface area contributed by atoms with Gasteiger partial charge >= 0.3 is 0 Å². The van der Waals surface area contributed by atoms with Crippen LogP contribution in [0.15, 0.2) is 0 Å². The highest BCUT2D eigenvalue weighted by Crippen LogP contribution is 2.15. The minimum absolute atomic E-state index is 0.0650. The number of hydroxylamine groups is 3. The van der Waals surface area contributed by atoms with Crippen molar-refractivity contribution in [3.8, 4) is 0 Å². The van der Waals surface area contributed by atoms with E-state index in [1.165, 1.54) is 38.5 Å². The third-order valence-electron chi connectivity index (χ3n) is 4.26. The highest BCUT2D eigenvalue weighted by molar-refractivity contribution is 4.51. The van der Waals surface area contributed by atoms with E-state index in [-0.39, 0.29) is 4.65 Å². The summed E-state index contributed by atoms with van der Waals surface area (Å²) in [4.78, 5) is 0. The molecular formula is C18H39NO. The SMILES string of the molecule is C1CCCCC1.CCCC[N+]([O-])(CCCC)CCCC. The van der Waals surface area contributed by atoms with Crippen molar-refractivity contribution in [1.29, 1.82) is 0 Å². The van der Waals surface area contributed by atoms with Gasteiger partial charge in [0.15, 0.2) is 0 Å². The molecule has 0 aromatic heterocycles. The van der Waals surface area contributed by atoms with E-state index in [0.29, 0.717) is 0 Å². The van der Waals surface area contributed by atoms with Crippen LogP contribution in [0.2, 0.25) is 0 Å². The van der Waals surface area contributed by atoms with Gasteiger partial charge in [-0.1, -0.05) is 78.6 Å². The second-order valence-electron chi connectivity index (χ2n) is 6.41. The fraction of sp³-hybridized carbons (Fsp3) is 1.00. The summed E-state index contributed by atoms with van der Waals surface area (Å²) in [6.45, 7) is 8.96. The van der Waals surface area contributed by atoms with E-state index in [1.807, 2.05) is 0 Å². The van der Waals surface area contributed by atoms with Crippen molar-refractivity contribution in [3.05, 3.63) is 5.21 Å². The number of nitrogens with zero attached hydrogens (tertiary/aromatic N) is 1. The molecule has 2 heteroatoms. The zero-order valence-corrected chi connectivity index (χ0v) is 14.5. The minimum atomic E-state index is 0.0650. The number of rotatable bonds is 9. The van der Waals surface area contributed by atoms with Gasteiger partial charge in [-0.3, -0.25) is 0 Å². The van der Waals surface area contributed by atoms with Gasteiger partial charge < -0.3 is 9.85 Å². The molecule has 0 radical (unpaired) electrons. The van der Waals surface area contributed by atoms with Gasteiger partial charge in [0.05, 0.1) is 19.6 Å². The Kier molecular flexibility index (Phi) is 13.8. The molecule has 1 aliphatic rings. The average Bonchev–Trinajstić information content (AvgIpc) is 2.51. The van der Waals surface area contributed by atoms with Crippen LogP contribution in [0.3, 0.4) is 0 Å². The summed E-state index contributed by atoms with van der Waals surface area (Å²) in [5.74, 6) is 0. The lowest BCUT2D eigenvalue weighted by molar-refractivity contribution is -0.881. The van der Waals surface area contributed by atoms with Gasteiger partial charge in [0.25, 0.3) is 0 Å². The van der Waals surface area contributed by atoms with E-state index in [2.05, 4.69) is 20.8 Å². The van der Waals surface area contributed by atoms with Crippen LogP contribution >= 0.6 is 0 Å². The molecule has 0 spiro atoms. The van der Waals surface area contributed by atoms with Crippen LogP contribution < -0.4 is 0 Å². The molecule has 1 saturated carbocycles. The molecule has 0 aromatic carbocycles. The van der Waals surface area contributed by atoms with Gasteiger partial charge in [-0.25, -0.2) is 0 Å². The molecule has 0 atom stereocenters. The molecule has 1 rings (SSSR count). The van der Waals surface area contributed by atoms with Gasteiger partial charge in [-0.15, -0.1) is 0 Å². The maximum atomic E-state index is 12.3. The van der Waals surface area contributed by atoms with E-state index in [9.17, 15) is 5.21 Å². The van der Waals surface area contributed by atoms with Crippen molar-refractivity contribution in [1.82, 2.24) is 0 Å². The molecule has 2 nitrogen and oxygen atoms in total. The van der Waals surface area contributed by atoms with Crippen molar-refractivity contribution >= 4 is 0 Å². The van der Waals surface area contributed by atoms with Crippen molar-refractivity contribution < 1.29 is 4.65 Å². The van der Waals surface area contributed by atoms with Gasteiger partial charge in [-0.05, 0) is 19.3 Å². The molecule has 1 fully saturated rings. The summed E-state index contributed by atoms with van der Waals surface area (Å²) < 4.78 is 0.0650. The van der Waals surface area contributed by atoms with E-state index in [1.54, 1.807) is 0 Å². The summed E-state index contributed by atoms with van der Waals surface area (Å²) >= 11 is 0.